The summed E-state index contributed by atoms with van der Waals surface area (Å²) in [7, 11) is 0. The molecular formula is C20H31NO3. The fourth-order valence-electron chi connectivity index (χ4n) is 6.65. The first-order valence-corrected chi connectivity index (χ1v) is 9.41. The van der Waals surface area contributed by atoms with Crippen molar-refractivity contribution in [2.24, 2.45) is 21.7 Å². The molecule has 2 aliphatic heterocycles. The Balaban J connectivity index is 1.70. The van der Waals surface area contributed by atoms with Crippen molar-refractivity contribution in [1.29, 1.82) is 0 Å². The second-order valence-electron chi connectivity index (χ2n) is 10.8. The summed E-state index contributed by atoms with van der Waals surface area (Å²) in [6.07, 6.45) is 4.73. The highest BCUT2D eigenvalue weighted by molar-refractivity contribution is 5.96. The van der Waals surface area contributed by atoms with Gasteiger partial charge in [0.25, 0.3) is 5.91 Å². The van der Waals surface area contributed by atoms with E-state index in [1.165, 1.54) is 0 Å². The Morgan fingerprint density at radius 1 is 1.08 bits per heavy atom. The number of ether oxygens (including phenoxy) is 1. The van der Waals surface area contributed by atoms with E-state index < -0.39 is 16.4 Å². The Bertz CT molecular complexity index is 639. The molecule has 2 unspecified atom stereocenters. The molecule has 134 valence electrons. The molecule has 2 saturated heterocycles. The van der Waals surface area contributed by atoms with E-state index in [1.807, 2.05) is 6.92 Å². The van der Waals surface area contributed by atoms with E-state index >= 15 is 0 Å². The fraction of sp³-hybridized carbons (Fsp3) is 0.900. The lowest BCUT2D eigenvalue weighted by molar-refractivity contribution is -0.174. The monoisotopic (exact) mass is 333 g/mol. The van der Waals surface area contributed by atoms with Crippen LogP contribution in [0.25, 0.3) is 0 Å². The molecular weight excluding hydrogens is 302 g/mol. The van der Waals surface area contributed by atoms with Crippen LogP contribution in [0.4, 0.5) is 0 Å². The number of esters is 1. The third kappa shape index (κ3) is 1.70. The van der Waals surface area contributed by atoms with Crippen molar-refractivity contribution in [3.05, 3.63) is 0 Å². The standard InChI is InChI=1S/C20H31NO3/c1-16(2)9-13-10-18(5,11-16)12-21(13)14(22)20-8-7-19(6,15(23)24-20)17(20,3)4/h13H,7-12H2,1-6H3/t13-,18+,19?,20?/m0/s1. The van der Waals surface area contributed by atoms with Crippen molar-refractivity contribution in [2.75, 3.05) is 6.54 Å². The van der Waals surface area contributed by atoms with Crippen molar-refractivity contribution in [3.63, 3.8) is 0 Å². The van der Waals surface area contributed by atoms with Gasteiger partial charge in [-0.25, -0.2) is 0 Å². The SMILES string of the molecule is CC1(C)C[C@H]2C[C@@](C)(CN2C(=O)C23CCC(C)(C(=O)O2)C3(C)C)C1. The molecule has 0 radical (unpaired) electrons. The van der Waals surface area contributed by atoms with Crippen LogP contribution in [0.15, 0.2) is 0 Å². The van der Waals surface area contributed by atoms with E-state index in [0.29, 0.717) is 12.5 Å². The lowest BCUT2D eigenvalue weighted by Gasteiger charge is -2.41. The van der Waals surface area contributed by atoms with Gasteiger partial charge in [-0.2, -0.15) is 0 Å². The summed E-state index contributed by atoms with van der Waals surface area (Å²) in [5.41, 5.74) is -1.44. The molecule has 0 aromatic carbocycles. The average molecular weight is 333 g/mol. The van der Waals surface area contributed by atoms with Crippen LogP contribution in [0.2, 0.25) is 0 Å². The van der Waals surface area contributed by atoms with Crippen molar-refractivity contribution in [2.45, 2.75) is 85.3 Å². The van der Waals surface area contributed by atoms with Gasteiger partial charge in [0.2, 0.25) is 0 Å². The summed E-state index contributed by atoms with van der Waals surface area (Å²) in [4.78, 5) is 28.3. The molecule has 4 aliphatic rings. The molecule has 4 fully saturated rings. The third-order valence-corrected chi connectivity index (χ3v) is 8.10. The summed E-state index contributed by atoms with van der Waals surface area (Å²) in [6.45, 7) is 13.8. The Morgan fingerprint density at radius 2 is 1.75 bits per heavy atom. The number of carbonyl (C=O) groups is 2. The smallest absolute Gasteiger partial charge is 0.313 e. The maximum absolute atomic E-state index is 13.7. The highest BCUT2D eigenvalue weighted by Gasteiger charge is 2.76. The van der Waals surface area contributed by atoms with Gasteiger partial charge in [0.05, 0.1) is 5.41 Å². The fourth-order valence-corrected chi connectivity index (χ4v) is 6.65. The maximum Gasteiger partial charge on any atom is 0.313 e. The first kappa shape index (κ1) is 16.4. The van der Waals surface area contributed by atoms with Crippen LogP contribution < -0.4 is 0 Å². The summed E-state index contributed by atoms with van der Waals surface area (Å²) in [5.74, 6) is -0.102. The van der Waals surface area contributed by atoms with Gasteiger partial charge in [-0.1, -0.05) is 34.6 Å². The molecule has 2 aliphatic carbocycles. The molecule has 2 saturated carbocycles. The van der Waals surface area contributed by atoms with E-state index in [0.717, 1.165) is 32.2 Å². The predicted octanol–water partition coefficient (Wildman–Crippen LogP) is 3.54. The number of fused-ring (bicyclic) bond motifs is 4. The van der Waals surface area contributed by atoms with Crippen LogP contribution in [0.5, 0.6) is 0 Å². The van der Waals surface area contributed by atoms with Crippen molar-refractivity contribution in [3.8, 4) is 0 Å². The van der Waals surface area contributed by atoms with Crippen LogP contribution in [-0.4, -0.2) is 35.0 Å². The first-order valence-electron chi connectivity index (χ1n) is 9.41. The molecule has 24 heavy (non-hydrogen) atoms. The molecule has 4 heteroatoms. The minimum Gasteiger partial charge on any atom is -0.448 e. The Kier molecular flexibility index (Phi) is 2.86. The number of carbonyl (C=O) groups excluding carboxylic acids is 2. The molecule has 0 spiro atoms. The number of hydrogen-bond donors (Lipinski definition) is 0. The van der Waals surface area contributed by atoms with E-state index in [4.69, 9.17) is 4.74 Å². The molecule has 2 heterocycles. The minimum atomic E-state index is -0.948. The lowest BCUT2D eigenvalue weighted by Crippen LogP contribution is -2.56. The van der Waals surface area contributed by atoms with Gasteiger partial charge in [-0.05, 0) is 49.9 Å². The van der Waals surface area contributed by atoms with Crippen molar-refractivity contribution >= 4 is 11.9 Å². The molecule has 1 amide bonds. The van der Waals surface area contributed by atoms with E-state index in [-0.39, 0.29) is 22.7 Å². The second-order valence-corrected chi connectivity index (χ2v) is 10.8. The van der Waals surface area contributed by atoms with Gasteiger partial charge in [-0.3, -0.25) is 9.59 Å². The van der Waals surface area contributed by atoms with Gasteiger partial charge < -0.3 is 9.64 Å². The molecule has 0 N–H and O–H groups in total. The molecule has 4 nitrogen and oxygen atoms in total. The zero-order valence-electron chi connectivity index (χ0n) is 16.0. The van der Waals surface area contributed by atoms with Gasteiger partial charge in [0.1, 0.15) is 0 Å². The van der Waals surface area contributed by atoms with Crippen LogP contribution in [0, 0.1) is 21.7 Å². The van der Waals surface area contributed by atoms with E-state index in [1.54, 1.807) is 0 Å². The zero-order chi connectivity index (χ0) is 17.8. The molecule has 4 bridgehead atoms. The summed E-state index contributed by atoms with van der Waals surface area (Å²) in [6, 6.07) is 0.294. The highest BCUT2D eigenvalue weighted by atomic mass is 16.6. The van der Waals surface area contributed by atoms with Crippen LogP contribution in [0.3, 0.4) is 0 Å². The Hall–Kier alpha value is -1.06. The van der Waals surface area contributed by atoms with Gasteiger partial charge in [-0.15, -0.1) is 0 Å². The number of amides is 1. The average Bonchev–Trinajstić information content (AvgIpc) is 2.86. The summed E-state index contributed by atoms with van der Waals surface area (Å²) in [5, 5.41) is 0. The van der Waals surface area contributed by atoms with Gasteiger partial charge in [0, 0.05) is 18.0 Å². The van der Waals surface area contributed by atoms with Gasteiger partial charge >= 0.3 is 5.97 Å². The number of hydrogen-bond acceptors (Lipinski definition) is 3. The Morgan fingerprint density at radius 3 is 2.29 bits per heavy atom. The quantitative estimate of drug-likeness (QED) is 0.690. The number of nitrogens with zero attached hydrogens (tertiary/aromatic N) is 1. The minimum absolute atomic E-state index is 0.0773. The topological polar surface area (TPSA) is 46.6 Å². The molecule has 4 atom stereocenters. The van der Waals surface area contributed by atoms with E-state index in [2.05, 4.69) is 39.5 Å². The number of likely N-dealkylation sites (tertiary alicyclic amines) is 1. The largest absolute Gasteiger partial charge is 0.448 e. The lowest BCUT2D eigenvalue weighted by atomic mass is 9.65. The normalized spacial score (nSPS) is 47.8. The molecule has 0 aromatic rings. The molecule has 0 aromatic heterocycles. The number of rotatable bonds is 1. The predicted molar refractivity (Wildman–Crippen MR) is 91.2 cm³/mol. The molecule has 4 rings (SSSR count). The van der Waals surface area contributed by atoms with Crippen LogP contribution in [-0.2, 0) is 14.3 Å². The second kappa shape index (κ2) is 4.19. The third-order valence-electron chi connectivity index (χ3n) is 8.10. The first-order chi connectivity index (χ1) is 10.9. The van der Waals surface area contributed by atoms with E-state index in [9.17, 15) is 9.59 Å². The maximum atomic E-state index is 13.7. The van der Waals surface area contributed by atoms with Gasteiger partial charge in [0.15, 0.2) is 5.60 Å². The summed E-state index contributed by atoms with van der Waals surface area (Å²) >= 11 is 0. The summed E-state index contributed by atoms with van der Waals surface area (Å²) < 4.78 is 5.84. The van der Waals surface area contributed by atoms with Crippen LogP contribution in [0.1, 0.15) is 73.6 Å². The highest BCUT2D eigenvalue weighted by Crippen LogP contribution is 2.66. The zero-order valence-corrected chi connectivity index (χ0v) is 16.0. The van der Waals surface area contributed by atoms with Crippen molar-refractivity contribution in [1.82, 2.24) is 4.90 Å². The Labute approximate surface area is 145 Å². The van der Waals surface area contributed by atoms with Crippen molar-refractivity contribution < 1.29 is 14.3 Å². The van der Waals surface area contributed by atoms with Crippen LogP contribution >= 0.6 is 0 Å².